The van der Waals surface area contributed by atoms with Crippen molar-refractivity contribution in [3.05, 3.63) is 59.4 Å². The molecule has 0 radical (unpaired) electrons. The molecule has 0 aliphatic heterocycles. The lowest BCUT2D eigenvalue weighted by molar-refractivity contribution is -0.137. The van der Waals surface area contributed by atoms with Crippen LogP contribution in [0.25, 0.3) is 11.0 Å². The Hall–Kier alpha value is -3.34. The van der Waals surface area contributed by atoms with Crippen molar-refractivity contribution in [1.29, 1.82) is 0 Å². The molecule has 1 unspecified atom stereocenters. The molecule has 0 saturated carbocycles. The van der Waals surface area contributed by atoms with E-state index in [0.717, 1.165) is 12.1 Å². The largest absolute Gasteiger partial charge is 0.481 e. The molecule has 1 atom stereocenters. The van der Waals surface area contributed by atoms with Gasteiger partial charge < -0.3 is 10.1 Å². The number of carbonyl (C=O) groups excluding carboxylic acids is 1. The molecule has 0 fully saturated rings. The number of hydrogen-bond donors (Lipinski definition) is 3. The summed E-state index contributed by atoms with van der Waals surface area (Å²) < 4.78 is 55.4. The predicted molar refractivity (Wildman–Crippen MR) is 109 cm³/mol. The van der Waals surface area contributed by atoms with Gasteiger partial charge in [0.25, 0.3) is 0 Å². The van der Waals surface area contributed by atoms with E-state index in [2.05, 4.69) is 9.97 Å². The van der Waals surface area contributed by atoms with Crippen molar-refractivity contribution in [3.8, 4) is 0 Å². The number of carboxylic acids is 1. The monoisotopic (exact) mass is 451 g/mol. The Labute approximate surface area is 176 Å². The van der Waals surface area contributed by atoms with Crippen molar-refractivity contribution in [1.82, 2.24) is 9.97 Å². The summed E-state index contributed by atoms with van der Waals surface area (Å²) in [6.45, 7) is 1.61. The third-order valence-electron chi connectivity index (χ3n) is 4.59. The maximum Gasteiger partial charge on any atom is 0.304 e. The maximum atomic E-state index is 15.0. The molecule has 11 heteroatoms. The highest BCUT2D eigenvalue weighted by Crippen LogP contribution is 2.31. The van der Waals surface area contributed by atoms with Crippen molar-refractivity contribution in [3.63, 3.8) is 0 Å². The van der Waals surface area contributed by atoms with E-state index in [0.29, 0.717) is 11.0 Å². The molecule has 0 aliphatic rings. The van der Waals surface area contributed by atoms with Crippen LogP contribution in [-0.4, -0.2) is 41.0 Å². The van der Waals surface area contributed by atoms with Gasteiger partial charge in [-0.25, -0.2) is 22.2 Å². The molecule has 3 N–H and O–H groups in total. The molecule has 3 rings (SSSR count). The van der Waals surface area contributed by atoms with Gasteiger partial charge in [0.05, 0.1) is 29.3 Å². The van der Waals surface area contributed by atoms with Gasteiger partial charge in [0.15, 0.2) is 11.6 Å². The first-order chi connectivity index (χ1) is 14.6. The fourth-order valence-corrected chi connectivity index (χ4v) is 4.33. The highest BCUT2D eigenvalue weighted by molar-refractivity contribution is 7.92. The third-order valence-corrected chi connectivity index (χ3v) is 6.07. The summed E-state index contributed by atoms with van der Waals surface area (Å²) in [6, 6.07) is 4.78. The first-order valence-corrected chi connectivity index (χ1v) is 11.0. The molecule has 0 amide bonds. The zero-order valence-corrected chi connectivity index (χ0v) is 17.2. The van der Waals surface area contributed by atoms with E-state index in [1.165, 1.54) is 12.3 Å². The molecule has 2 heterocycles. The van der Waals surface area contributed by atoms with Crippen LogP contribution in [0.4, 0.5) is 14.5 Å². The molecular formula is C20H19F2N3O5S. The van der Waals surface area contributed by atoms with Gasteiger partial charge >= 0.3 is 5.97 Å². The smallest absolute Gasteiger partial charge is 0.304 e. The Balaban J connectivity index is 2.06. The second-order valence-electron chi connectivity index (χ2n) is 6.90. The van der Waals surface area contributed by atoms with Crippen LogP contribution in [0.15, 0.2) is 36.7 Å². The highest BCUT2D eigenvalue weighted by atomic mass is 32.2. The number of Topliss-reactive ketones (excluding diaryl/α,β-unsaturated/α-hetero) is 1. The molecule has 0 bridgehead atoms. The number of sulfonamides is 1. The number of carbonyl (C=O) groups is 2. The molecule has 0 spiro atoms. The molecule has 2 aromatic heterocycles. The summed E-state index contributed by atoms with van der Waals surface area (Å²) in [4.78, 5) is 31.4. The number of nitrogens with one attached hydrogen (secondary N) is 2. The number of halogens is 2. The Bertz CT molecular complexity index is 1260. The molecule has 8 nitrogen and oxygen atoms in total. The van der Waals surface area contributed by atoms with Crippen molar-refractivity contribution in [2.24, 2.45) is 0 Å². The Morgan fingerprint density at radius 3 is 2.68 bits per heavy atom. The lowest BCUT2D eigenvalue weighted by Crippen LogP contribution is -2.22. The Kier molecular flexibility index (Phi) is 6.34. The van der Waals surface area contributed by atoms with Crippen LogP contribution in [0.2, 0.25) is 0 Å². The fourth-order valence-electron chi connectivity index (χ4n) is 3.20. The zero-order valence-electron chi connectivity index (χ0n) is 16.4. The number of aromatic nitrogens is 2. The van der Waals surface area contributed by atoms with E-state index < -0.39 is 57.0 Å². The number of benzene rings is 1. The van der Waals surface area contributed by atoms with Gasteiger partial charge in [-0.1, -0.05) is 6.92 Å². The number of fused-ring (bicyclic) bond motifs is 1. The van der Waals surface area contributed by atoms with Crippen LogP contribution in [0.5, 0.6) is 0 Å². The average molecular weight is 451 g/mol. The second-order valence-corrected chi connectivity index (χ2v) is 8.75. The number of nitrogens with zero attached hydrogens (tertiary/aromatic N) is 1. The quantitative estimate of drug-likeness (QED) is 0.428. The molecule has 31 heavy (non-hydrogen) atoms. The maximum absolute atomic E-state index is 15.0. The number of ketones is 1. The number of hydrogen-bond acceptors (Lipinski definition) is 5. The molecular weight excluding hydrogens is 432 g/mol. The van der Waals surface area contributed by atoms with Crippen LogP contribution in [0.1, 0.15) is 41.6 Å². The molecule has 3 aromatic rings. The minimum absolute atomic E-state index is 0.162. The molecule has 0 aliphatic carbocycles. The van der Waals surface area contributed by atoms with E-state index in [1.54, 1.807) is 19.2 Å². The standard InChI is InChI=1S/C20H19F2N3O5S/c1-2-7-31(29,30)25-15-4-3-14(21)17(18(15)22)19(28)13(9-16(26)27)12-8-11-5-6-23-20(11)24-10-12/h3-6,8,10,13,25H,2,7,9H2,1H3,(H,23,24)(H,26,27). The van der Waals surface area contributed by atoms with Crippen molar-refractivity contribution in [2.45, 2.75) is 25.7 Å². The van der Waals surface area contributed by atoms with Crippen molar-refractivity contribution in [2.75, 3.05) is 10.5 Å². The van der Waals surface area contributed by atoms with E-state index in [-0.39, 0.29) is 17.7 Å². The van der Waals surface area contributed by atoms with Gasteiger partial charge in [-0.2, -0.15) is 0 Å². The van der Waals surface area contributed by atoms with Crippen molar-refractivity contribution < 1.29 is 31.9 Å². The second kappa shape index (κ2) is 8.80. The Morgan fingerprint density at radius 1 is 1.26 bits per heavy atom. The predicted octanol–water partition coefficient (Wildman–Crippen LogP) is 3.43. The highest BCUT2D eigenvalue weighted by Gasteiger charge is 2.31. The summed E-state index contributed by atoms with van der Waals surface area (Å²) in [5.74, 6) is -6.85. The lowest BCUT2D eigenvalue weighted by atomic mass is 9.88. The van der Waals surface area contributed by atoms with Crippen LogP contribution >= 0.6 is 0 Å². The van der Waals surface area contributed by atoms with Crippen LogP contribution in [-0.2, 0) is 14.8 Å². The molecule has 1 aromatic carbocycles. The number of rotatable bonds is 9. The number of anilines is 1. The van der Waals surface area contributed by atoms with Crippen LogP contribution in [0, 0.1) is 11.6 Å². The minimum atomic E-state index is -3.90. The van der Waals surface area contributed by atoms with Gasteiger partial charge in [0, 0.05) is 17.8 Å². The normalized spacial score (nSPS) is 12.6. The summed E-state index contributed by atoms with van der Waals surface area (Å²) >= 11 is 0. The number of pyridine rings is 1. The number of aromatic amines is 1. The number of aliphatic carboxylic acids is 1. The summed E-state index contributed by atoms with van der Waals surface area (Å²) in [7, 11) is -3.90. The molecule has 164 valence electrons. The number of carboxylic acid groups (broad SMARTS) is 1. The fraction of sp³-hybridized carbons (Fsp3) is 0.250. The van der Waals surface area contributed by atoms with Gasteiger partial charge in [0.2, 0.25) is 10.0 Å². The van der Waals surface area contributed by atoms with Crippen LogP contribution in [0.3, 0.4) is 0 Å². The third kappa shape index (κ3) is 4.88. The van der Waals surface area contributed by atoms with Gasteiger partial charge in [0.1, 0.15) is 11.5 Å². The zero-order chi connectivity index (χ0) is 22.8. The first-order valence-electron chi connectivity index (χ1n) is 9.30. The lowest BCUT2D eigenvalue weighted by Gasteiger charge is -2.17. The summed E-state index contributed by atoms with van der Waals surface area (Å²) in [5.41, 5.74) is -0.950. The average Bonchev–Trinajstić information content (AvgIpc) is 3.16. The minimum Gasteiger partial charge on any atom is -0.481 e. The summed E-state index contributed by atoms with van der Waals surface area (Å²) in [6.07, 6.45) is 2.38. The topological polar surface area (TPSA) is 129 Å². The molecule has 0 saturated heterocycles. The first kappa shape index (κ1) is 22.3. The Morgan fingerprint density at radius 2 is 2.00 bits per heavy atom. The number of H-pyrrole nitrogens is 1. The van der Waals surface area contributed by atoms with E-state index >= 15 is 4.39 Å². The van der Waals surface area contributed by atoms with Crippen LogP contribution < -0.4 is 4.72 Å². The van der Waals surface area contributed by atoms with Gasteiger partial charge in [-0.15, -0.1) is 0 Å². The van der Waals surface area contributed by atoms with E-state index in [1.807, 2.05) is 4.72 Å². The SMILES string of the molecule is CCCS(=O)(=O)Nc1ccc(F)c(C(=O)C(CC(=O)O)c2cnc3[nH]ccc3c2)c1F. The van der Waals surface area contributed by atoms with E-state index in [4.69, 9.17) is 0 Å². The van der Waals surface area contributed by atoms with E-state index in [9.17, 15) is 27.5 Å². The van der Waals surface area contributed by atoms with Gasteiger partial charge in [-0.3, -0.25) is 14.3 Å². The summed E-state index contributed by atoms with van der Waals surface area (Å²) in [5, 5.41) is 9.85. The van der Waals surface area contributed by atoms with Crippen molar-refractivity contribution >= 4 is 38.5 Å². The van der Waals surface area contributed by atoms with Gasteiger partial charge in [-0.05, 0) is 36.2 Å².